The summed E-state index contributed by atoms with van der Waals surface area (Å²) in [5, 5.41) is 17.1. The molecule has 0 atom stereocenters. The Morgan fingerprint density at radius 2 is 1.58 bits per heavy atom. The molecule has 0 aliphatic carbocycles. The fraction of sp³-hybridized carbons (Fsp3) is 0.158. The molecular formula is C19H20N6O. The van der Waals surface area contributed by atoms with Gasteiger partial charge in [-0.15, -0.1) is 5.10 Å². The number of rotatable bonds is 5. The van der Waals surface area contributed by atoms with Crippen LogP contribution in [0, 0.1) is 13.8 Å². The van der Waals surface area contributed by atoms with Crippen LogP contribution >= 0.6 is 0 Å². The highest BCUT2D eigenvalue weighted by molar-refractivity contribution is 5.88. The van der Waals surface area contributed by atoms with Gasteiger partial charge in [0.15, 0.2) is 5.82 Å². The Balaban J connectivity index is 1.74. The first-order valence-corrected chi connectivity index (χ1v) is 8.19. The number of benzene rings is 2. The summed E-state index contributed by atoms with van der Waals surface area (Å²) in [6.45, 7) is 5.56. The highest BCUT2D eigenvalue weighted by Crippen LogP contribution is 2.23. The predicted molar refractivity (Wildman–Crippen MR) is 103 cm³/mol. The van der Waals surface area contributed by atoms with E-state index >= 15 is 0 Å². The summed E-state index contributed by atoms with van der Waals surface area (Å²) >= 11 is 0. The predicted octanol–water partition coefficient (Wildman–Crippen LogP) is 3.93. The second-order valence-corrected chi connectivity index (χ2v) is 5.94. The number of amides is 1. The zero-order valence-corrected chi connectivity index (χ0v) is 14.9. The molecule has 0 unspecified atom stereocenters. The molecule has 7 nitrogen and oxygen atoms in total. The van der Waals surface area contributed by atoms with E-state index in [2.05, 4.69) is 31.1 Å². The van der Waals surface area contributed by atoms with Crippen molar-refractivity contribution < 1.29 is 4.79 Å². The van der Waals surface area contributed by atoms with E-state index in [1.807, 2.05) is 44.2 Å². The fourth-order valence-corrected chi connectivity index (χ4v) is 2.53. The van der Waals surface area contributed by atoms with Crippen LogP contribution in [0.3, 0.4) is 0 Å². The molecular weight excluding hydrogens is 328 g/mol. The molecule has 0 fully saturated rings. The van der Waals surface area contributed by atoms with Crippen molar-refractivity contribution in [3.05, 3.63) is 59.8 Å². The van der Waals surface area contributed by atoms with Crippen LogP contribution < -0.4 is 16.0 Å². The number of para-hydroxylation sites is 1. The van der Waals surface area contributed by atoms with Gasteiger partial charge in [0.05, 0.1) is 6.20 Å². The van der Waals surface area contributed by atoms with Crippen LogP contribution in [-0.4, -0.2) is 21.1 Å². The van der Waals surface area contributed by atoms with Gasteiger partial charge in [0.25, 0.3) is 0 Å². The van der Waals surface area contributed by atoms with Crippen LogP contribution in [0.1, 0.15) is 18.1 Å². The van der Waals surface area contributed by atoms with Crippen LogP contribution in [0.25, 0.3) is 0 Å². The van der Waals surface area contributed by atoms with Gasteiger partial charge < -0.3 is 16.0 Å². The first-order chi connectivity index (χ1) is 12.5. The summed E-state index contributed by atoms with van der Waals surface area (Å²) in [7, 11) is 0. The highest BCUT2D eigenvalue weighted by Gasteiger charge is 2.06. The van der Waals surface area contributed by atoms with Gasteiger partial charge in [-0.25, -0.2) is 0 Å². The number of nitrogens with zero attached hydrogens (tertiary/aromatic N) is 3. The van der Waals surface area contributed by atoms with Gasteiger partial charge in [-0.1, -0.05) is 18.2 Å². The van der Waals surface area contributed by atoms with Crippen LogP contribution in [0.15, 0.2) is 48.7 Å². The molecule has 0 saturated heterocycles. The third-order valence-corrected chi connectivity index (χ3v) is 3.75. The molecule has 3 aromatic rings. The molecule has 0 spiro atoms. The molecule has 132 valence electrons. The average Bonchev–Trinajstić information content (AvgIpc) is 2.60. The minimum absolute atomic E-state index is 0.108. The van der Waals surface area contributed by atoms with Gasteiger partial charge in [0, 0.05) is 24.0 Å². The zero-order valence-electron chi connectivity index (χ0n) is 14.9. The number of aryl methyl sites for hydroxylation is 2. The van der Waals surface area contributed by atoms with Crippen molar-refractivity contribution >= 4 is 34.7 Å². The molecule has 1 heterocycles. The maximum absolute atomic E-state index is 11.1. The summed E-state index contributed by atoms with van der Waals surface area (Å²) in [4.78, 5) is 15.5. The number of anilines is 5. The number of aromatic nitrogens is 3. The lowest BCUT2D eigenvalue weighted by molar-refractivity contribution is -0.114. The molecule has 2 aromatic carbocycles. The fourth-order valence-electron chi connectivity index (χ4n) is 2.53. The Kier molecular flexibility index (Phi) is 5.07. The van der Waals surface area contributed by atoms with Crippen LogP contribution in [0.5, 0.6) is 0 Å². The lowest BCUT2D eigenvalue weighted by atomic mass is 10.1. The summed E-state index contributed by atoms with van der Waals surface area (Å²) < 4.78 is 0. The first-order valence-electron chi connectivity index (χ1n) is 8.19. The smallest absolute Gasteiger partial charge is 0.249 e. The molecule has 0 radical (unpaired) electrons. The summed E-state index contributed by atoms with van der Waals surface area (Å²) in [5.74, 6) is 0.881. The highest BCUT2D eigenvalue weighted by atomic mass is 16.1. The number of carbonyl (C=O) groups excluding carboxylic acids is 1. The van der Waals surface area contributed by atoms with Crippen LogP contribution in [0.2, 0.25) is 0 Å². The van der Waals surface area contributed by atoms with E-state index in [0.29, 0.717) is 11.8 Å². The normalized spacial score (nSPS) is 10.3. The van der Waals surface area contributed by atoms with Crippen molar-refractivity contribution in [2.75, 3.05) is 16.0 Å². The van der Waals surface area contributed by atoms with E-state index in [1.54, 1.807) is 18.3 Å². The third-order valence-electron chi connectivity index (χ3n) is 3.75. The van der Waals surface area contributed by atoms with Gasteiger partial charge in [0.1, 0.15) is 0 Å². The standard InChI is InChI=1S/C19H20N6O/c1-12-5-4-6-13(2)18(12)23-17-11-20-25-19(24-17)22-16-9-7-15(8-10-16)21-14(3)26/h4-11H,1-3H3,(H,21,26)(H2,22,23,24,25). The summed E-state index contributed by atoms with van der Waals surface area (Å²) in [6.07, 6.45) is 1.58. The number of hydrogen-bond acceptors (Lipinski definition) is 6. The topological polar surface area (TPSA) is 91.8 Å². The SMILES string of the molecule is CC(=O)Nc1ccc(Nc2nncc(Nc3c(C)cccc3C)n2)cc1. The van der Waals surface area contributed by atoms with Crippen molar-refractivity contribution in [3.63, 3.8) is 0 Å². The molecule has 0 aliphatic rings. The Labute approximate surface area is 151 Å². The molecule has 1 aromatic heterocycles. The van der Waals surface area contributed by atoms with E-state index in [-0.39, 0.29) is 5.91 Å². The van der Waals surface area contributed by atoms with Crippen molar-refractivity contribution in [1.29, 1.82) is 0 Å². The first kappa shape index (κ1) is 17.3. The van der Waals surface area contributed by atoms with Gasteiger partial charge in [0.2, 0.25) is 11.9 Å². The average molecular weight is 348 g/mol. The van der Waals surface area contributed by atoms with E-state index in [1.165, 1.54) is 6.92 Å². The second-order valence-electron chi connectivity index (χ2n) is 5.94. The van der Waals surface area contributed by atoms with Crippen LogP contribution in [-0.2, 0) is 4.79 Å². The van der Waals surface area contributed by atoms with Crippen molar-refractivity contribution in [3.8, 4) is 0 Å². The second kappa shape index (κ2) is 7.60. The molecule has 7 heteroatoms. The summed E-state index contributed by atoms with van der Waals surface area (Å²) in [5.41, 5.74) is 4.80. The van der Waals surface area contributed by atoms with Gasteiger partial charge in [-0.2, -0.15) is 10.1 Å². The van der Waals surface area contributed by atoms with E-state index < -0.39 is 0 Å². The minimum Gasteiger partial charge on any atom is -0.338 e. The Bertz CT molecular complexity index is 903. The molecule has 3 N–H and O–H groups in total. The molecule has 0 aliphatic heterocycles. The van der Waals surface area contributed by atoms with Crippen molar-refractivity contribution in [1.82, 2.24) is 15.2 Å². The third kappa shape index (κ3) is 4.32. The number of nitrogens with one attached hydrogen (secondary N) is 3. The van der Waals surface area contributed by atoms with E-state index in [4.69, 9.17) is 0 Å². The van der Waals surface area contributed by atoms with E-state index in [0.717, 1.165) is 28.2 Å². The maximum atomic E-state index is 11.1. The van der Waals surface area contributed by atoms with Crippen LogP contribution in [0.4, 0.5) is 28.8 Å². The van der Waals surface area contributed by atoms with Gasteiger partial charge >= 0.3 is 0 Å². The van der Waals surface area contributed by atoms with E-state index in [9.17, 15) is 4.79 Å². The molecule has 26 heavy (non-hydrogen) atoms. The Morgan fingerprint density at radius 3 is 2.23 bits per heavy atom. The van der Waals surface area contributed by atoms with Gasteiger partial charge in [-0.05, 0) is 49.2 Å². The number of carbonyl (C=O) groups is 1. The largest absolute Gasteiger partial charge is 0.338 e. The molecule has 0 saturated carbocycles. The van der Waals surface area contributed by atoms with Gasteiger partial charge in [-0.3, -0.25) is 4.79 Å². The number of hydrogen-bond donors (Lipinski definition) is 3. The summed E-state index contributed by atoms with van der Waals surface area (Å²) in [6, 6.07) is 13.4. The van der Waals surface area contributed by atoms with Crippen molar-refractivity contribution in [2.45, 2.75) is 20.8 Å². The Hall–Kier alpha value is -3.48. The molecule has 3 rings (SSSR count). The maximum Gasteiger partial charge on any atom is 0.249 e. The minimum atomic E-state index is -0.108. The molecule has 0 bridgehead atoms. The monoisotopic (exact) mass is 348 g/mol. The zero-order chi connectivity index (χ0) is 18.5. The Morgan fingerprint density at radius 1 is 0.923 bits per heavy atom. The lowest BCUT2D eigenvalue weighted by Crippen LogP contribution is -2.06. The lowest BCUT2D eigenvalue weighted by Gasteiger charge is -2.12. The van der Waals surface area contributed by atoms with Crippen molar-refractivity contribution in [2.24, 2.45) is 0 Å². The molecule has 1 amide bonds. The quantitative estimate of drug-likeness (QED) is 0.647.